The van der Waals surface area contributed by atoms with E-state index in [9.17, 15) is 13.9 Å². The molecule has 1 heterocycles. The molecule has 0 bridgehead atoms. The Labute approximate surface area is 145 Å². The molecule has 0 saturated heterocycles. The lowest BCUT2D eigenvalue weighted by Crippen LogP contribution is -2.49. The summed E-state index contributed by atoms with van der Waals surface area (Å²) < 4.78 is 28.7. The summed E-state index contributed by atoms with van der Waals surface area (Å²) in [5.41, 5.74) is -1.03. The van der Waals surface area contributed by atoms with E-state index < -0.39 is 17.2 Å². The SMILES string of the molecule is CC1(C)CCC(Cc2ccc(F)cc2F)C1(O)Cn1ncnc1S. The molecule has 130 valence electrons. The van der Waals surface area contributed by atoms with Crippen molar-refractivity contribution in [3.8, 4) is 0 Å². The first-order chi connectivity index (χ1) is 11.2. The Bertz CT molecular complexity index is 749. The second-order valence-corrected chi connectivity index (χ2v) is 7.60. The van der Waals surface area contributed by atoms with Gasteiger partial charge in [-0.25, -0.2) is 18.4 Å². The van der Waals surface area contributed by atoms with Crippen molar-refractivity contribution in [3.63, 3.8) is 0 Å². The van der Waals surface area contributed by atoms with E-state index in [1.54, 1.807) is 4.68 Å². The smallest absolute Gasteiger partial charge is 0.183 e. The van der Waals surface area contributed by atoms with Gasteiger partial charge in [-0.1, -0.05) is 19.9 Å². The first kappa shape index (κ1) is 17.4. The Morgan fingerprint density at radius 2 is 2.12 bits per heavy atom. The second kappa shape index (κ2) is 6.11. The molecule has 1 N–H and O–H groups in total. The number of nitrogens with zero attached hydrogens (tertiary/aromatic N) is 3. The van der Waals surface area contributed by atoms with Crippen molar-refractivity contribution < 1.29 is 13.9 Å². The van der Waals surface area contributed by atoms with Gasteiger partial charge >= 0.3 is 0 Å². The van der Waals surface area contributed by atoms with Crippen molar-refractivity contribution in [1.82, 2.24) is 14.8 Å². The third kappa shape index (κ3) is 2.95. The van der Waals surface area contributed by atoms with Crippen LogP contribution in [0.1, 0.15) is 32.3 Å². The van der Waals surface area contributed by atoms with Crippen LogP contribution in [0.2, 0.25) is 0 Å². The zero-order valence-electron chi connectivity index (χ0n) is 13.7. The van der Waals surface area contributed by atoms with Crippen LogP contribution in [0.4, 0.5) is 8.78 Å². The maximum absolute atomic E-state index is 14.0. The van der Waals surface area contributed by atoms with Crippen LogP contribution in [-0.4, -0.2) is 25.5 Å². The Balaban J connectivity index is 1.90. The van der Waals surface area contributed by atoms with Crippen LogP contribution < -0.4 is 0 Å². The highest BCUT2D eigenvalue weighted by Gasteiger charge is 2.54. The van der Waals surface area contributed by atoms with Crippen molar-refractivity contribution in [2.24, 2.45) is 11.3 Å². The zero-order valence-corrected chi connectivity index (χ0v) is 14.6. The highest BCUT2D eigenvalue weighted by molar-refractivity contribution is 7.80. The molecule has 1 aromatic heterocycles. The topological polar surface area (TPSA) is 50.9 Å². The van der Waals surface area contributed by atoms with Crippen LogP contribution in [0.3, 0.4) is 0 Å². The van der Waals surface area contributed by atoms with Crippen molar-refractivity contribution in [3.05, 3.63) is 41.7 Å². The Morgan fingerprint density at radius 3 is 2.75 bits per heavy atom. The van der Waals surface area contributed by atoms with Crippen LogP contribution in [0.5, 0.6) is 0 Å². The number of aromatic nitrogens is 3. The quantitative estimate of drug-likeness (QED) is 0.830. The number of hydrogen-bond acceptors (Lipinski definition) is 4. The second-order valence-electron chi connectivity index (χ2n) is 7.20. The molecule has 1 aliphatic carbocycles. The highest BCUT2D eigenvalue weighted by Crippen LogP contribution is 2.51. The molecule has 4 nitrogen and oxygen atoms in total. The lowest BCUT2D eigenvalue weighted by atomic mass is 9.72. The molecule has 2 aromatic rings. The Kier molecular flexibility index (Phi) is 4.42. The number of hydrogen-bond donors (Lipinski definition) is 2. The predicted octanol–water partition coefficient (Wildman–Crippen LogP) is 3.26. The molecule has 2 unspecified atom stereocenters. The van der Waals surface area contributed by atoms with Gasteiger partial charge in [0.15, 0.2) is 5.16 Å². The molecule has 0 amide bonds. The van der Waals surface area contributed by atoms with Gasteiger partial charge in [-0.3, -0.25) is 0 Å². The third-order valence-electron chi connectivity index (χ3n) is 5.43. The third-order valence-corrected chi connectivity index (χ3v) is 5.78. The van der Waals surface area contributed by atoms with E-state index in [-0.39, 0.29) is 17.9 Å². The molecule has 1 aromatic carbocycles. The van der Waals surface area contributed by atoms with Crippen LogP contribution >= 0.6 is 12.6 Å². The van der Waals surface area contributed by atoms with Crippen LogP contribution in [0, 0.1) is 23.0 Å². The van der Waals surface area contributed by atoms with E-state index >= 15 is 0 Å². The van der Waals surface area contributed by atoms with Crippen molar-refractivity contribution in [2.45, 2.75) is 50.4 Å². The number of benzene rings is 1. The minimum Gasteiger partial charge on any atom is -0.387 e. The van der Waals surface area contributed by atoms with E-state index in [4.69, 9.17) is 0 Å². The molecule has 7 heteroatoms. The average Bonchev–Trinajstić information content (AvgIpc) is 2.98. The molecule has 1 saturated carbocycles. The summed E-state index contributed by atoms with van der Waals surface area (Å²) in [6.07, 6.45) is 3.31. The molecular formula is C17H21F2N3OS. The summed E-state index contributed by atoms with van der Waals surface area (Å²) >= 11 is 4.25. The molecule has 0 spiro atoms. The molecule has 0 aliphatic heterocycles. The maximum Gasteiger partial charge on any atom is 0.183 e. The fraction of sp³-hybridized carbons (Fsp3) is 0.529. The lowest BCUT2D eigenvalue weighted by molar-refractivity contribution is -0.0924. The van der Waals surface area contributed by atoms with Gasteiger partial charge in [0.2, 0.25) is 0 Å². The minimum atomic E-state index is -1.08. The summed E-state index contributed by atoms with van der Waals surface area (Å²) in [4.78, 5) is 3.97. The Hall–Kier alpha value is -1.47. The summed E-state index contributed by atoms with van der Waals surface area (Å²) in [6.45, 7) is 4.25. The monoisotopic (exact) mass is 353 g/mol. The fourth-order valence-electron chi connectivity index (χ4n) is 3.71. The first-order valence-corrected chi connectivity index (χ1v) is 8.41. The van der Waals surface area contributed by atoms with Gasteiger partial charge in [0.1, 0.15) is 18.0 Å². The van der Waals surface area contributed by atoms with Crippen molar-refractivity contribution in [2.75, 3.05) is 0 Å². The van der Waals surface area contributed by atoms with Gasteiger partial charge in [0.05, 0.1) is 12.1 Å². The molecule has 1 aliphatic rings. The van der Waals surface area contributed by atoms with E-state index in [0.29, 0.717) is 17.1 Å². The van der Waals surface area contributed by atoms with Gasteiger partial charge in [-0.15, -0.1) is 12.6 Å². The van der Waals surface area contributed by atoms with E-state index in [1.165, 1.54) is 18.5 Å². The van der Waals surface area contributed by atoms with Crippen LogP contribution in [0.15, 0.2) is 29.7 Å². The van der Waals surface area contributed by atoms with Gasteiger partial charge in [0.25, 0.3) is 0 Å². The van der Waals surface area contributed by atoms with Gasteiger partial charge in [-0.05, 0) is 42.2 Å². The molecular weight excluding hydrogens is 332 g/mol. The standard InChI is InChI=1S/C17H21F2N3OS/c1-16(2)6-5-12(7-11-3-4-13(18)8-14(11)19)17(16,23)9-22-15(24)20-10-21-22/h3-4,8,10,12,23H,5-7,9H2,1-2H3,(H,20,21,24). The summed E-state index contributed by atoms with van der Waals surface area (Å²) in [7, 11) is 0. The maximum atomic E-state index is 14.0. The number of aliphatic hydroxyl groups is 1. The molecule has 3 rings (SSSR count). The van der Waals surface area contributed by atoms with Crippen LogP contribution in [-0.2, 0) is 13.0 Å². The lowest BCUT2D eigenvalue weighted by Gasteiger charge is -2.41. The zero-order chi connectivity index (χ0) is 17.5. The van der Waals surface area contributed by atoms with E-state index in [1.807, 2.05) is 13.8 Å². The van der Waals surface area contributed by atoms with Gasteiger partial charge in [0, 0.05) is 6.07 Å². The van der Waals surface area contributed by atoms with E-state index in [2.05, 4.69) is 22.7 Å². The molecule has 1 fully saturated rings. The normalized spacial score (nSPS) is 26.0. The number of rotatable bonds is 4. The summed E-state index contributed by atoms with van der Waals surface area (Å²) in [5.74, 6) is -1.33. The number of thiol groups is 1. The fourth-order valence-corrected chi connectivity index (χ4v) is 3.88. The first-order valence-electron chi connectivity index (χ1n) is 7.96. The predicted molar refractivity (Wildman–Crippen MR) is 88.8 cm³/mol. The number of halogens is 2. The molecule has 24 heavy (non-hydrogen) atoms. The van der Waals surface area contributed by atoms with Crippen LogP contribution in [0.25, 0.3) is 0 Å². The van der Waals surface area contributed by atoms with E-state index in [0.717, 1.165) is 18.9 Å². The minimum absolute atomic E-state index is 0.163. The average molecular weight is 353 g/mol. The Morgan fingerprint density at radius 1 is 1.38 bits per heavy atom. The highest BCUT2D eigenvalue weighted by atomic mass is 32.1. The van der Waals surface area contributed by atoms with Gasteiger partial charge < -0.3 is 5.11 Å². The van der Waals surface area contributed by atoms with Gasteiger partial charge in [-0.2, -0.15) is 5.10 Å². The van der Waals surface area contributed by atoms with Crippen molar-refractivity contribution >= 4 is 12.6 Å². The van der Waals surface area contributed by atoms with Crippen molar-refractivity contribution in [1.29, 1.82) is 0 Å². The molecule has 0 radical (unpaired) electrons. The summed E-state index contributed by atoms with van der Waals surface area (Å²) in [6, 6.07) is 3.59. The molecule has 2 atom stereocenters. The largest absolute Gasteiger partial charge is 0.387 e. The summed E-state index contributed by atoms with van der Waals surface area (Å²) in [5, 5.41) is 16.0.